The summed E-state index contributed by atoms with van der Waals surface area (Å²) in [7, 11) is 0. The van der Waals surface area contributed by atoms with Crippen LogP contribution in [0.3, 0.4) is 0 Å². The van der Waals surface area contributed by atoms with E-state index in [2.05, 4.69) is 17.4 Å². The lowest BCUT2D eigenvalue weighted by molar-refractivity contribution is -0.143. The summed E-state index contributed by atoms with van der Waals surface area (Å²) in [5, 5.41) is 3.27. The van der Waals surface area contributed by atoms with E-state index in [1.165, 1.54) is 4.90 Å². The van der Waals surface area contributed by atoms with Gasteiger partial charge in [-0.15, -0.1) is 11.8 Å². The highest BCUT2D eigenvalue weighted by molar-refractivity contribution is 7.98. The van der Waals surface area contributed by atoms with Gasteiger partial charge in [0.2, 0.25) is 0 Å². The van der Waals surface area contributed by atoms with Crippen molar-refractivity contribution in [1.29, 1.82) is 0 Å². The Morgan fingerprint density at radius 2 is 2.06 bits per heavy atom. The average Bonchev–Trinajstić information content (AvgIpc) is 2.30. The third kappa shape index (κ3) is 5.13. The molecule has 94 valence electrons. The van der Waals surface area contributed by atoms with Gasteiger partial charge in [0.1, 0.15) is 0 Å². The molecule has 1 aromatic carbocycles. The van der Waals surface area contributed by atoms with Gasteiger partial charge in [-0.25, -0.2) is 0 Å². The summed E-state index contributed by atoms with van der Waals surface area (Å²) in [5.41, 5.74) is 1.03. The van der Waals surface area contributed by atoms with E-state index in [-0.39, 0.29) is 12.0 Å². The first-order valence-electron chi connectivity index (χ1n) is 5.72. The number of carbonyl (C=O) groups excluding carboxylic acids is 1. The Labute approximate surface area is 107 Å². The fourth-order valence-corrected chi connectivity index (χ4v) is 1.90. The molecule has 0 fully saturated rings. The van der Waals surface area contributed by atoms with Crippen LogP contribution in [0, 0.1) is 0 Å². The van der Waals surface area contributed by atoms with Crippen LogP contribution in [0.15, 0.2) is 29.2 Å². The van der Waals surface area contributed by atoms with E-state index in [1.807, 2.05) is 32.2 Å². The fraction of sp³-hybridized carbons (Fsp3) is 0.462. The van der Waals surface area contributed by atoms with Crippen molar-refractivity contribution in [3.63, 3.8) is 0 Å². The predicted octanol–water partition coefficient (Wildman–Crippen LogP) is 3.16. The maximum Gasteiger partial charge on any atom is 0.307 e. The lowest BCUT2D eigenvalue weighted by atomic mass is 10.2. The monoisotopic (exact) mass is 253 g/mol. The Kier molecular flexibility index (Phi) is 5.91. The predicted molar refractivity (Wildman–Crippen MR) is 72.6 cm³/mol. The van der Waals surface area contributed by atoms with Crippen molar-refractivity contribution in [3.8, 4) is 0 Å². The molecule has 0 aliphatic carbocycles. The van der Waals surface area contributed by atoms with Crippen molar-refractivity contribution >= 4 is 23.4 Å². The number of thioether (sulfide) groups is 1. The van der Waals surface area contributed by atoms with Crippen LogP contribution in [0.1, 0.15) is 20.3 Å². The van der Waals surface area contributed by atoms with Crippen LogP contribution in [0.25, 0.3) is 0 Å². The molecular weight excluding hydrogens is 234 g/mol. The molecule has 0 heterocycles. The second kappa shape index (κ2) is 7.22. The molecule has 0 aliphatic heterocycles. The van der Waals surface area contributed by atoms with Gasteiger partial charge >= 0.3 is 5.97 Å². The molecule has 1 atom stereocenters. The first kappa shape index (κ1) is 13.9. The fourth-order valence-electron chi connectivity index (χ4n) is 1.49. The van der Waals surface area contributed by atoms with E-state index in [0.717, 1.165) is 5.69 Å². The zero-order chi connectivity index (χ0) is 12.7. The number of anilines is 1. The Bertz CT molecular complexity index is 351. The number of hydrogen-bond donors (Lipinski definition) is 1. The number of rotatable bonds is 6. The lowest BCUT2D eigenvalue weighted by Crippen LogP contribution is -2.20. The van der Waals surface area contributed by atoms with Gasteiger partial charge in [-0.05, 0) is 44.4 Å². The molecule has 17 heavy (non-hydrogen) atoms. The second-order valence-corrected chi connectivity index (χ2v) is 4.66. The van der Waals surface area contributed by atoms with Crippen molar-refractivity contribution < 1.29 is 9.53 Å². The minimum atomic E-state index is -0.159. The Morgan fingerprint density at radius 3 is 2.59 bits per heavy atom. The molecule has 0 aliphatic rings. The van der Waals surface area contributed by atoms with E-state index in [0.29, 0.717) is 13.0 Å². The van der Waals surface area contributed by atoms with Gasteiger partial charge in [-0.1, -0.05) is 0 Å². The Hall–Kier alpha value is -1.16. The summed E-state index contributed by atoms with van der Waals surface area (Å²) >= 11 is 1.71. The van der Waals surface area contributed by atoms with Crippen molar-refractivity contribution in [3.05, 3.63) is 24.3 Å². The van der Waals surface area contributed by atoms with Gasteiger partial charge in [0.15, 0.2) is 0 Å². The number of nitrogens with one attached hydrogen (secondary N) is 1. The van der Waals surface area contributed by atoms with E-state index in [9.17, 15) is 4.79 Å². The molecule has 0 saturated carbocycles. The van der Waals surface area contributed by atoms with E-state index >= 15 is 0 Å². The van der Waals surface area contributed by atoms with Crippen LogP contribution in [0.4, 0.5) is 5.69 Å². The molecule has 1 rings (SSSR count). The lowest BCUT2D eigenvalue weighted by Gasteiger charge is -2.14. The van der Waals surface area contributed by atoms with Crippen LogP contribution < -0.4 is 5.32 Å². The van der Waals surface area contributed by atoms with Crippen LogP contribution in [-0.4, -0.2) is 24.9 Å². The third-order valence-corrected chi connectivity index (χ3v) is 3.02. The van der Waals surface area contributed by atoms with Gasteiger partial charge in [0.05, 0.1) is 13.0 Å². The highest BCUT2D eigenvalue weighted by Gasteiger charge is 2.09. The van der Waals surface area contributed by atoms with Crippen LogP contribution >= 0.6 is 11.8 Å². The van der Waals surface area contributed by atoms with Crippen LogP contribution in [-0.2, 0) is 9.53 Å². The number of esters is 1. The number of carbonyl (C=O) groups is 1. The summed E-state index contributed by atoms with van der Waals surface area (Å²) in [6.07, 6.45) is 2.43. The zero-order valence-corrected chi connectivity index (χ0v) is 11.3. The highest BCUT2D eigenvalue weighted by atomic mass is 32.2. The standard InChI is InChI=1S/C13H19NO2S/c1-4-16-13(15)9-10(2)14-11-5-7-12(17-3)8-6-11/h5-8,10,14H,4,9H2,1-3H3. The maximum absolute atomic E-state index is 11.3. The Balaban J connectivity index is 2.44. The minimum absolute atomic E-state index is 0.0779. The van der Waals surface area contributed by atoms with Crippen molar-refractivity contribution in [2.45, 2.75) is 31.2 Å². The first-order valence-corrected chi connectivity index (χ1v) is 6.94. The molecule has 0 spiro atoms. The number of benzene rings is 1. The topological polar surface area (TPSA) is 38.3 Å². The maximum atomic E-state index is 11.3. The van der Waals surface area contributed by atoms with E-state index < -0.39 is 0 Å². The van der Waals surface area contributed by atoms with E-state index in [4.69, 9.17) is 4.74 Å². The first-order chi connectivity index (χ1) is 8.15. The molecule has 1 unspecified atom stereocenters. The third-order valence-electron chi connectivity index (χ3n) is 2.28. The summed E-state index contributed by atoms with van der Waals surface area (Å²) in [6.45, 7) is 4.23. The molecular formula is C13H19NO2S. The van der Waals surface area contributed by atoms with Crippen LogP contribution in [0.2, 0.25) is 0 Å². The van der Waals surface area contributed by atoms with Gasteiger partial charge in [0.25, 0.3) is 0 Å². The van der Waals surface area contributed by atoms with Gasteiger partial charge in [-0.2, -0.15) is 0 Å². The summed E-state index contributed by atoms with van der Waals surface area (Å²) in [6, 6.07) is 8.24. The summed E-state index contributed by atoms with van der Waals surface area (Å²) < 4.78 is 4.90. The van der Waals surface area contributed by atoms with Gasteiger partial charge < -0.3 is 10.1 Å². The number of hydrogen-bond acceptors (Lipinski definition) is 4. The van der Waals surface area contributed by atoms with E-state index in [1.54, 1.807) is 11.8 Å². The molecule has 3 nitrogen and oxygen atoms in total. The molecule has 0 aromatic heterocycles. The molecule has 1 N–H and O–H groups in total. The largest absolute Gasteiger partial charge is 0.466 e. The summed E-state index contributed by atoms with van der Waals surface area (Å²) in [5.74, 6) is -0.159. The van der Waals surface area contributed by atoms with Gasteiger partial charge in [-0.3, -0.25) is 4.79 Å². The Morgan fingerprint density at radius 1 is 1.41 bits per heavy atom. The quantitative estimate of drug-likeness (QED) is 0.624. The molecule has 0 radical (unpaired) electrons. The SMILES string of the molecule is CCOC(=O)CC(C)Nc1ccc(SC)cc1. The van der Waals surface area contributed by atoms with Crippen LogP contribution in [0.5, 0.6) is 0 Å². The second-order valence-electron chi connectivity index (χ2n) is 3.78. The smallest absolute Gasteiger partial charge is 0.307 e. The van der Waals surface area contributed by atoms with Gasteiger partial charge in [0, 0.05) is 16.6 Å². The molecule has 0 bridgehead atoms. The molecule has 1 aromatic rings. The van der Waals surface area contributed by atoms with Crippen molar-refractivity contribution in [1.82, 2.24) is 0 Å². The average molecular weight is 253 g/mol. The molecule has 0 amide bonds. The van der Waals surface area contributed by atoms with Crippen molar-refractivity contribution in [2.24, 2.45) is 0 Å². The molecule has 4 heteroatoms. The molecule has 0 saturated heterocycles. The summed E-state index contributed by atoms with van der Waals surface area (Å²) in [4.78, 5) is 12.5. The minimum Gasteiger partial charge on any atom is -0.466 e. The normalized spacial score (nSPS) is 11.9. The number of ether oxygens (including phenoxy) is 1. The van der Waals surface area contributed by atoms with Crippen molar-refractivity contribution in [2.75, 3.05) is 18.2 Å². The highest BCUT2D eigenvalue weighted by Crippen LogP contribution is 2.18. The zero-order valence-electron chi connectivity index (χ0n) is 10.5.